The monoisotopic (exact) mass is 262 g/mol. The molecule has 98 valence electrons. The van der Waals surface area contributed by atoms with Gasteiger partial charge in [-0.25, -0.2) is 9.18 Å². The molecule has 0 N–H and O–H groups in total. The number of tetrazole rings is 1. The minimum atomic E-state index is -0.497. The molecule has 0 aliphatic rings. The Morgan fingerprint density at radius 1 is 1.53 bits per heavy atom. The maximum absolute atomic E-state index is 13.1. The summed E-state index contributed by atoms with van der Waals surface area (Å²) >= 11 is 0. The molecule has 0 bridgehead atoms. The molecule has 2 aromatic rings. The molecule has 1 aromatic heterocycles. The number of halogens is 1. The molecule has 0 fully saturated rings. The first-order valence-electron chi connectivity index (χ1n) is 5.59. The van der Waals surface area contributed by atoms with Gasteiger partial charge in [0.2, 0.25) is 0 Å². The van der Waals surface area contributed by atoms with E-state index in [4.69, 9.17) is 4.74 Å². The maximum Gasteiger partial charge on any atom is 0.332 e. The summed E-state index contributed by atoms with van der Waals surface area (Å²) in [6, 6.07) is 5.86. The van der Waals surface area contributed by atoms with E-state index in [1.165, 1.54) is 29.1 Å². The molecule has 0 aliphatic heterocycles. The quantitative estimate of drug-likeness (QED) is 0.617. The molecule has 1 aromatic carbocycles. The Bertz CT molecular complexity index is 609. The van der Waals surface area contributed by atoms with Gasteiger partial charge in [-0.1, -0.05) is 12.1 Å². The molecule has 0 spiro atoms. The molecule has 0 aliphatic carbocycles. The number of carbonyl (C=O) groups is 1. The van der Waals surface area contributed by atoms with Crippen molar-refractivity contribution < 1.29 is 13.9 Å². The first-order chi connectivity index (χ1) is 9.20. The van der Waals surface area contributed by atoms with Crippen LogP contribution in [0.4, 0.5) is 4.39 Å². The van der Waals surface area contributed by atoms with Gasteiger partial charge in [-0.2, -0.15) is 4.68 Å². The minimum absolute atomic E-state index is 0.287. The van der Waals surface area contributed by atoms with Crippen molar-refractivity contribution in [2.24, 2.45) is 0 Å². The van der Waals surface area contributed by atoms with Crippen LogP contribution in [0.15, 0.2) is 30.3 Å². The lowest BCUT2D eigenvalue weighted by molar-refractivity contribution is -0.137. The Kier molecular flexibility index (Phi) is 3.97. The first-order valence-corrected chi connectivity index (χ1v) is 5.59. The van der Waals surface area contributed by atoms with Gasteiger partial charge in [-0.3, -0.25) is 0 Å². The third-order valence-corrected chi connectivity index (χ3v) is 2.21. The van der Waals surface area contributed by atoms with Crippen LogP contribution >= 0.6 is 0 Å². The lowest BCUT2D eigenvalue weighted by Crippen LogP contribution is -2.01. The number of rotatable bonds is 4. The van der Waals surface area contributed by atoms with Crippen molar-refractivity contribution >= 4 is 12.2 Å². The molecule has 0 saturated heterocycles. The van der Waals surface area contributed by atoms with E-state index < -0.39 is 5.97 Å². The smallest absolute Gasteiger partial charge is 0.332 e. The maximum atomic E-state index is 13.1. The van der Waals surface area contributed by atoms with E-state index in [-0.39, 0.29) is 12.4 Å². The van der Waals surface area contributed by atoms with Gasteiger partial charge in [0, 0.05) is 17.8 Å². The number of esters is 1. The highest BCUT2D eigenvalue weighted by Crippen LogP contribution is 2.16. The summed E-state index contributed by atoms with van der Waals surface area (Å²) in [4.78, 5) is 11.2. The highest BCUT2D eigenvalue weighted by molar-refractivity contribution is 5.85. The fourth-order valence-electron chi connectivity index (χ4n) is 1.43. The summed E-state index contributed by atoms with van der Waals surface area (Å²) < 4.78 is 19.1. The van der Waals surface area contributed by atoms with E-state index in [9.17, 15) is 9.18 Å². The standard InChI is InChI=1S/C12H11FN4O2/c1-2-19-11(18)6-7-17-12(14-15-16-17)9-4-3-5-10(13)8-9/h3-8H,2H2,1H3/b7-6-. The molecule has 7 heteroatoms. The van der Waals surface area contributed by atoms with Crippen LogP contribution in [0, 0.1) is 5.82 Å². The molecular weight excluding hydrogens is 251 g/mol. The fraction of sp³-hybridized carbons (Fsp3) is 0.167. The lowest BCUT2D eigenvalue weighted by atomic mass is 10.2. The summed E-state index contributed by atoms with van der Waals surface area (Å²) in [6.07, 6.45) is 2.56. The van der Waals surface area contributed by atoms with Crippen LogP contribution in [0.3, 0.4) is 0 Å². The zero-order valence-corrected chi connectivity index (χ0v) is 10.2. The van der Waals surface area contributed by atoms with Gasteiger partial charge in [0.05, 0.1) is 6.61 Å². The normalized spacial score (nSPS) is 10.8. The number of benzene rings is 1. The predicted molar refractivity (Wildman–Crippen MR) is 65.2 cm³/mol. The Morgan fingerprint density at radius 2 is 2.37 bits per heavy atom. The van der Waals surface area contributed by atoms with Crippen molar-refractivity contribution in [2.45, 2.75) is 6.92 Å². The number of carbonyl (C=O) groups excluding carboxylic acids is 1. The van der Waals surface area contributed by atoms with E-state index >= 15 is 0 Å². The third-order valence-electron chi connectivity index (χ3n) is 2.21. The second kappa shape index (κ2) is 5.85. The number of nitrogens with zero attached hydrogens (tertiary/aromatic N) is 4. The highest BCUT2D eigenvalue weighted by atomic mass is 19.1. The Morgan fingerprint density at radius 3 is 3.11 bits per heavy atom. The Labute approximate surface area is 108 Å². The number of aromatic nitrogens is 4. The average molecular weight is 262 g/mol. The number of hydrogen-bond acceptors (Lipinski definition) is 5. The van der Waals surface area contributed by atoms with Crippen molar-refractivity contribution in [2.75, 3.05) is 6.61 Å². The molecule has 0 atom stereocenters. The zero-order chi connectivity index (χ0) is 13.7. The van der Waals surface area contributed by atoms with E-state index in [0.29, 0.717) is 11.4 Å². The van der Waals surface area contributed by atoms with Crippen LogP contribution in [-0.4, -0.2) is 32.8 Å². The van der Waals surface area contributed by atoms with Crippen LogP contribution in [0.2, 0.25) is 0 Å². The van der Waals surface area contributed by atoms with Gasteiger partial charge in [0.25, 0.3) is 0 Å². The van der Waals surface area contributed by atoms with Gasteiger partial charge in [0.1, 0.15) is 5.82 Å². The second-order valence-corrected chi connectivity index (χ2v) is 3.53. The Balaban J connectivity index is 2.25. The summed E-state index contributed by atoms with van der Waals surface area (Å²) in [5.74, 6) is -0.551. The van der Waals surface area contributed by atoms with Crippen LogP contribution in [0.5, 0.6) is 0 Å². The topological polar surface area (TPSA) is 69.9 Å². The summed E-state index contributed by atoms with van der Waals surface area (Å²) in [5.41, 5.74) is 0.513. The number of ether oxygens (including phenoxy) is 1. The van der Waals surface area contributed by atoms with Crippen LogP contribution < -0.4 is 0 Å². The molecule has 6 nitrogen and oxygen atoms in total. The van der Waals surface area contributed by atoms with Gasteiger partial charge >= 0.3 is 5.97 Å². The summed E-state index contributed by atoms with van der Waals surface area (Å²) in [6.45, 7) is 2.00. The number of hydrogen-bond donors (Lipinski definition) is 0. The van der Waals surface area contributed by atoms with E-state index in [0.717, 1.165) is 0 Å². The van der Waals surface area contributed by atoms with Gasteiger partial charge in [0.15, 0.2) is 5.82 Å². The van der Waals surface area contributed by atoms with Crippen LogP contribution in [0.1, 0.15) is 6.92 Å². The van der Waals surface area contributed by atoms with Crippen molar-refractivity contribution in [3.05, 3.63) is 36.2 Å². The largest absolute Gasteiger partial charge is 0.463 e. The molecule has 2 rings (SSSR count). The zero-order valence-electron chi connectivity index (χ0n) is 10.2. The van der Waals surface area contributed by atoms with E-state index in [1.54, 1.807) is 19.1 Å². The SMILES string of the molecule is CCOC(=O)/C=C\n1nnnc1-c1cccc(F)c1. The average Bonchev–Trinajstić information content (AvgIpc) is 2.85. The molecule has 19 heavy (non-hydrogen) atoms. The molecule has 0 saturated carbocycles. The van der Waals surface area contributed by atoms with Crippen LogP contribution in [-0.2, 0) is 9.53 Å². The first kappa shape index (κ1) is 12.9. The molecule has 0 amide bonds. The third kappa shape index (κ3) is 3.21. The van der Waals surface area contributed by atoms with Gasteiger partial charge in [-0.15, -0.1) is 5.10 Å². The van der Waals surface area contributed by atoms with E-state index in [1.807, 2.05) is 0 Å². The molecule has 1 heterocycles. The Hall–Kier alpha value is -2.57. The molecule has 0 unspecified atom stereocenters. The van der Waals surface area contributed by atoms with Crippen molar-refractivity contribution in [3.63, 3.8) is 0 Å². The highest BCUT2D eigenvalue weighted by Gasteiger charge is 2.08. The van der Waals surface area contributed by atoms with Crippen LogP contribution in [0.25, 0.3) is 17.6 Å². The molecular formula is C12H11FN4O2. The molecule has 0 radical (unpaired) electrons. The van der Waals surface area contributed by atoms with Crippen molar-refractivity contribution in [3.8, 4) is 11.4 Å². The van der Waals surface area contributed by atoms with Gasteiger partial charge in [-0.05, 0) is 29.5 Å². The van der Waals surface area contributed by atoms with Gasteiger partial charge < -0.3 is 4.74 Å². The summed E-state index contributed by atoms with van der Waals surface area (Å²) in [7, 11) is 0. The second-order valence-electron chi connectivity index (χ2n) is 3.53. The minimum Gasteiger partial charge on any atom is -0.463 e. The predicted octanol–water partition coefficient (Wildman–Crippen LogP) is 1.51. The lowest BCUT2D eigenvalue weighted by Gasteiger charge is -1.99. The summed E-state index contributed by atoms with van der Waals surface area (Å²) in [5, 5.41) is 11.0. The van der Waals surface area contributed by atoms with E-state index in [2.05, 4.69) is 15.5 Å². The van der Waals surface area contributed by atoms with Crippen molar-refractivity contribution in [1.29, 1.82) is 0 Å². The van der Waals surface area contributed by atoms with Crippen molar-refractivity contribution in [1.82, 2.24) is 20.2 Å². The fourth-order valence-corrected chi connectivity index (χ4v) is 1.43.